The zero-order chi connectivity index (χ0) is 22.9. The monoisotopic (exact) mass is 534 g/mol. The molecule has 0 aliphatic heterocycles. The Morgan fingerprint density at radius 1 is 0.281 bits per heavy atom. The van der Waals surface area contributed by atoms with Crippen LogP contribution in [-0.4, -0.2) is 24.6 Å². The van der Waals surface area contributed by atoms with Crippen LogP contribution in [-0.2, 0) is 0 Å². The van der Waals surface area contributed by atoms with Crippen molar-refractivity contribution in [3.63, 3.8) is 0 Å². The van der Waals surface area contributed by atoms with Gasteiger partial charge in [-0.3, -0.25) is 0 Å². The second kappa shape index (κ2) is 28.1. The Bertz CT molecular complexity index is 299. The Kier molecular flexibility index (Phi) is 30.9. The van der Waals surface area contributed by atoms with E-state index in [2.05, 4.69) is 27.7 Å². The van der Waals surface area contributed by atoms with Gasteiger partial charge in [-0.1, -0.05) is 130 Å². The molecule has 196 valence electrons. The maximum Gasteiger partial charge on any atom is 0.0594 e. The van der Waals surface area contributed by atoms with Crippen LogP contribution in [0.1, 0.15) is 169 Å². The van der Waals surface area contributed by atoms with E-state index in [9.17, 15) is 0 Å². The molecule has 0 rings (SSSR count). The van der Waals surface area contributed by atoms with Crippen molar-refractivity contribution in [2.45, 2.75) is 169 Å². The Labute approximate surface area is 217 Å². The van der Waals surface area contributed by atoms with Crippen LogP contribution in [0.15, 0.2) is 0 Å². The largest absolute Gasteiger partial charge is 1.00 e. The average Bonchev–Trinajstić information content (AvgIpc) is 2.77. The third-order valence-electron chi connectivity index (χ3n) is 7.37. The number of unbranched alkanes of at least 4 members (excludes halogenated alkanes) is 18. The maximum atomic E-state index is 2.45. The first-order valence-corrected chi connectivity index (χ1v) is 17.6. The number of hydrogen-bond acceptors (Lipinski definition) is 0. The van der Waals surface area contributed by atoms with Crippen molar-refractivity contribution in [1.29, 1.82) is 0 Å². The predicted octanol–water partition coefficient (Wildman–Crippen LogP) is 8.67. The molecule has 0 fully saturated rings. The lowest BCUT2D eigenvalue weighted by Crippen LogP contribution is -3.00. The van der Waals surface area contributed by atoms with Gasteiger partial charge in [0.1, 0.15) is 0 Å². The van der Waals surface area contributed by atoms with Crippen molar-refractivity contribution in [2.24, 2.45) is 0 Å². The molecule has 0 aliphatic carbocycles. The molecule has 0 amide bonds. The van der Waals surface area contributed by atoms with Crippen LogP contribution in [0.25, 0.3) is 0 Å². The second-order valence-electron chi connectivity index (χ2n) is 10.6. The van der Waals surface area contributed by atoms with E-state index in [-0.39, 0.29) is 17.0 Å². The van der Waals surface area contributed by atoms with Crippen LogP contribution in [0.3, 0.4) is 0 Å². The summed E-state index contributed by atoms with van der Waals surface area (Å²) in [5, 5.41) is 0. The van der Waals surface area contributed by atoms with Crippen LogP contribution in [0, 0.1) is 0 Å². The molecular formula is C30H64BrP. The number of hydrogen-bond donors (Lipinski definition) is 0. The molecule has 0 radical (unpaired) electrons. The maximum absolute atomic E-state index is 2.45. The summed E-state index contributed by atoms with van der Waals surface area (Å²) in [6.45, 7) is 9.52. The highest BCUT2D eigenvalue weighted by molar-refractivity contribution is 7.75. The summed E-state index contributed by atoms with van der Waals surface area (Å²) in [4.78, 5) is 0. The van der Waals surface area contributed by atoms with Gasteiger partial charge in [0.2, 0.25) is 0 Å². The first kappa shape index (κ1) is 35.1. The van der Waals surface area contributed by atoms with Gasteiger partial charge in [-0.05, 0) is 38.5 Å². The second-order valence-corrected chi connectivity index (χ2v) is 15.1. The molecule has 0 spiro atoms. The molecule has 0 nitrogen and oxygen atoms in total. The molecule has 0 heterocycles. The normalized spacial score (nSPS) is 11.6. The standard InChI is InChI=1S/C30H64P.BrH/c1-5-9-11-13-15-17-19-21-23-25-29-31(27-7-3,28-8-4)30-26-24-22-20-18-16-14-12-10-6-2;/h5-30H2,1-4H3;1H/q+1;/p-1. The molecule has 32 heavy (non-hydrogen) atoms. The fraction of sp³-hybridized carbons (Fsp3) is 1.00. The van der Waals surface area contributed by atoms with E-state index >= 15 is 0 Å². The van der Waals surface area contributed by atoms with E-state index in [1.807, 2.05) is 0 Å². The molecule has 0 aromatic carbocycles. The van der Waals surface area contributed by atoms with Crippen LogP contribution in [0.4, 0.5) is 0 Å². The molecule has 0 aliphatic rings. The lowest BCUT2D eigenvalue weighted by Gasteiger charge is -2.27. The first-order valence-electron chi connectivity index (χ1n) is 15.1. The van der Waals surface area contributed by atoms with Gasteiger partial charge < -0.3 is 17.0 Å². The average molecular weight is 536 g/mol. The number of halogens is 1. The molecule has 0 saturated heterocycles. The molecule has 0 bridgehead atoms. The van der Waals surface area contributed by atoms with Gasteiger partial charge in [0.15, 0.2) is 0 Å². The summed E-state index contributed by atoms with van der Waals surface area (Å²) < 4.78 is 0. The van der Waals surface area contributed by atoms with E-state index < -0.39 is 7.26 Å². The zero-order valence-corrected chi connectivity index (χ0v) is 25.7. The van der Waals surface area contributed by atoms with Gasteiger partial charge >= 0.3 is 0 Å². The van der Waals surface area contributed by atoms with Crippen molar-refractivity contribution in [2.75, 3.05) is 24.6 Å². The summed E-state index contributed by atoms with van der Waals surface area (Å²) in [6.07, 6.45) is 38.9. The highest BCUT2D eigenvalue weighted by Crippen LogP contribution is 2.61. The van der Waals surface area contributed by atoms with Crippen LogP contribution in [0.5, 0.6) is 0 Å². The third-order valence-corrected chi connectivity index (χ3v) is 12.7. The topological polar surface area (TPSA) is 0 Å². The Morgan fingerprint density at radius 2 is 0.531 bits per heavy atom. The van der Waals surface area contributed by atoms with E-state index in [0.29, 0.717) is 0 Å². The fourth-order valence-electron chi connectivity index (χ4n) is 5.49. The van der Waals surface area contributed by atoms with Gasteiger partial charge in [-0.2, -0.15) is 0 Å². The summed E-state index contributed by atoms with van der Waals surface area (Å²) in [6, 6.07) is 0. The summed E-state index contributed by atoms with van der Waals surface area (Å²) in [7, 11) is -0.644. The van der Waals surface area contributed by atoms with E-state index in [0.717, 1.165) is 0 Å². The summed E-state index contributed by atoms with van der Waals surface area (Å²) >= 11 is 0. The van der Waals surface area contributed by atoms with Crippen LogP contribution in [0.2, 0.25) is 0 Å². The minimum atomic E-state index is -0.644. The van der Waals surface area contributed by atoms with Gasteiger partial charge in [-0.25, -0.2) is 0 Å². The van der Waals surface area contributed by atoms with Gasteiger partial charge in [0.05, 0.1) is 24.6 Å². The quantitative estimate of drug-likeness (QED) is 0.0768. The van der Waals surface area contributed by atoms with Gasteiger partial charge in [0, 0.05) is 7.26 Å². The Morgan fingerprint density at radius 3 is 0.781 bits per heavy atom. The Hall–Kier alpha value is 0.910. The molecule has 0 N–H and O–H groups in total. The lowest BCUT2D eigenvalue weighted by atomic mass is 10.1. The highest BCUT2D eigenvalue weighted by atomic mass is 79.9. The van der Waals surface area contributed by atoms with E-state index in [4.69, 9.17) is 0 Å². The SMILES string of the molecule is CCCCCCCCCCCC[P+](CCC)(CCC)CCCCCCCCCCCC.[Br-]. The fourth-order valence-corrected chi connectivity index (χ4v) is 10.5. The minimum Gasteiger partial charge on any atom is -1.00 e. The molecule has 0 aromatic heterocycles. The summed E-state index contributed by atoms with van der Waals surface area (Å²) in [5.74, 6) is 0. The predicted molar refractivity (Wildman–Crippen MR) is 151 cm³/mol. The molecule has 0 saturated carbocycles. The molecule has 0 aromatic rings. The van der Waals surface area contributed by atoms with Crippen molar-refractivity contribution in [3.05, 3.63) is 0 Å². The smallest absolute Gasteiger partial charge is 0.0594 e. The summed E-state index contributed by atoms with van der Waals surface area (Å²) in [5.41, 5.74) is 0. The Balaban J connectivity index is 0. The van der Waals surface area contributed by atoms with Gasteiger partial charge in [-0.15, -0.1) is 0 Å². The minimum absolute atomic E-state index is 0. The van der Waals surface area contributed by atoms with Crippen molar-refractivity contribution in [1.82, 2.24) is 0 Å². The van der Waals surface area contributed by atoms with Crippen LogP contribution >= 0.6 is 7.26 Å². The third kappa shape index (κ3) is 22.7. The molecular weight excluding hydrogens is 471 g/mol. The first-order chi connectivity index (χ1) is 15.2. The molecule has 0 atom stereocenters. The molecule has 0 unspecified atom stereocenters. The zero-order valence-electron chi connectivity index (χ0n) is 23.2. The lowest BCUT2D eigenvalue weighted by molar-refractivity contribution is -0.00000713. The number of rotatable bonds is 26. The highest BCUT2D eigenvalue weighted by Gasteiger charge is 2.33. The van der Waals surface area contributed by atoms with Gasteiger partial charge in [0.25, 0.3) is 0 Å². The van der Waals surface area contributed by atoms with Crippen molar-refractivity contribution in [3.8, 4) is 0 Å². The van der Waals surface area contributed by atoms with Crippen molar-refractivity contribution < 1.29 is 17.0 Å². The van der Waals surface area contributed by atoms with E-state index in [1.165, 1.54) is 128 Å². The van der Waals surface area contributed by atoms with Crippen molar-refractivity contribution >= 4 is 7.26 Å². The van der Waals surface area contributed by atoms with E-state index in [1.54, 1.807) is 37.5 Å². The van der Waals surface area contributed by atoms with Crippen LogP contribution < -0.4 is 17.0 Å². The molecule has 2 heteroatoms.